The van der Waals surface area contributed by atoms with Gasteiger partial charge in [0.25, 0.3) is 8.32 Å². The predicted molar refractivity (Wildman–Crippen MR) is 168 cm³/mol. The molecule has 41 heavy (non-hydrogen) atoms. The second-order valence-corrected chi connectivity index (χ2v) is 17.8. The molecule has 3 aromatic rings. The number of benzene rings is 2. The first-order chi connectivity index (χ1) is 19.6. The van der Waals surface area contributed by atoms with Gasteiger partial charge in [0.15, 0.2) is 0 Å². The van der Waals surface area contributed by atoms with E-state index >= 15 is 0 Å². The fraction of sp³-hybridized carbons (Fsp3) is 0.543. The summed E-state index contributed by atoms with van der Waals surface area (Å²) in [6.07, 6.45) is 8.77. The van der Waals surface area contributed by atoms with Gasteiger partial charge in [-0.25, -0.2) is 0 Å². The summed E-state index contributed by atoms with van der Waals surface area (Å²) in [4.78, 5) is 24.8. The summed E-state index contributed by atoms with van der Waals surface area (Å²) in [6, 6.07) is 20.4. The van der Waals surface area contributed by atoms with Gasteiger partial charge in [-0.1, -0.05) is 99.9 Å². The molecular formula is C35H48N2O3Si. The molecule has 1 aromatic heterocycles. The van der Waals surface area contributed by atoms with Gasteiger partial charge in [0.1, 0.15) is 5.76 Å². The normalized spacial score (nSPS) is 20.1. The van der Waals surface area contributed by atoms with E-state index in [9.17, 15) is 9.59 Å². The number of rotatable bonds is 14. The Morgan fingerprint density at radius 1 is 1.02 bits per heavy atom. The Hall–Kier alpha value is -2.70. The highest BCUT2D eigenvalue weighted by atomic mass is 28.4. The minimum absolute atomic E-state index is 0.0499. The fourth-order valence-electron chi connectivity index (χ4n) is 7.36. The molecule has 0 radical (unpaired) electrons. The van der Waals surface area contributed by atoms with Crippen molar-refractivity contribution >= 4 is 24.6 Å². The molecule has 5 rings (SSSR count). The quantitative estimate of drug-likeness (QED) is 0.209. The highest BCUT2D eigenvalue weighted by Gasteiger charge is 2.49. The molecule has 6 heteroatoms. The van der Waals surface area contributed by atoms with Crippen molar-refractivity contribution in [2.24, 2.45) is 17.6 Å². The molecule has 1 heterocycles. The van der Waals surface area contributed by atoms with Crippen LogP contribution in [-0.4, -0.2) is 24.2 Å². The monoisotopic (exact) mass is 572 g/mol. The van der Waals surface area contributed by atoms with Crippen molar-refractivity contribution in [2.75, 3.05) is 0 Å². The first-order valence-electron chi connectivity index (χ1n) is 15.7. The van der Waals surface area contributed by atoms with E-state index in [4.69, 9.17) is 10.3 Å². The van der Waals surface area contributed by atoms with E-state index in [1.165, 1.54) is 37.7 Å². The zero-order valence-electron chi connectivity index (χ0n) is 25.3. The molecule has 0 bridgehead atoms. The minimum atomic E-state index is -3.08. The second-order valence-electron chi connectivity index (χ2n) is 13.9. The third-order valence-electron chi connectivity index (χ3n) is 9.73. The van der Waals surface area contributed by atoms with Crippen LogP contribution in [0.1, 0.15) is 120 Å². The number of hydrogen-bond donors (Lipinski definition) is 2. The smallest absolute Gasteiger partial charge is 0.258 e. The third-order valence-corrected chi connectivity index (χ3v) is 14.3. The molecule has 0 saturated heterocycles. The molecule has 2 saturated carbocycles. The van der Waals surface area contributed by atoms with Crippen LogP contribution >= 0.6 is 0 Å². The van der Waals surface area contributed by atoms with Gasteiger partial charge < -0.3 is 15.1 Å². The Morgan fingerprint density at radius 3 is 2.12 bits per heavy atom. The number of carbonyl (C=O) groups is 1. The van der Waals surface area contributed by atoms with Crippen molar-refractivity contribution in [3.63, 3.8) is 0 Å². The van der Waals surface area contributed by atoms with Crippen LogP contribution in [0.5, 0.6) is 0 Å². The topological polar surface area (TPSA) is 89.3 Å². The second kappa shape index (κ2) is 12.3. The average molecular weight is 573 g/mol. The molecule has 2 aromatic carbocycles. The Labute approximate surface area is 247 Å². The Balaban J connectivity index is 1.35. The van der Waals surface area contributed by atoms with Crippen molar-refractivity contribution in [3.05, 3.63) is 77.7 Å². The summed E-state index contributed by atoms with van der Waals surface area (Å²) < 4.78 is 6.10. The summed E-state index contributed by atoms with van der Waals surface area (Å²) in [5, 5.41) is 6.37. The van der Waals surface area contributed by atoms with Gasteiger partial charge in [-0.2, -0.15) is 0 Å². The lowest BCUT2D eigenvalue weighted by atomic mass is 9.69. The molecular weight excluding hydrogens is 524 g/mol. The van der Waals surface area contributed by atoms with Gasteiger partial charge in [0, 0.05) is 23.8 Å². The van der Waals surface area contributed by atoms with Crippen LogP contribution in [0, 0.1) is 11.8 Å². The molecule has 3 N–H and O–H groups in total. The van der Waals surface area contributed by atoms with Crippen molar-refractivity contribution in [3.8, 4) is 0 Å². The zero-order valence-corrected chi connectivity index (χ0v) is 26.3. The number of nitrogens with two attached hydrogens (primary N) is 1. The van der Waals surface area contributed by atoms with Crippen molar-refractivity contribution in [1.82, 2.24) is 5.16 Å². The van der Waals surface area contributed by atoms with Crippen LogP contribution in [0.3, 0.4) is 0 Å². The van der Waals surface area contributed by atoms with Crippen LogP contribution in [0.2, 0.25) is 5.04 Å². The molecule has 5 nitrogen and oxygen atoms in total. The molecule has 2 aliphatic carbocycles. The molecule has 0 spiro atoms. The summed E-state index contributed by atoms with van der Waals surface area (Å²) in [5.41, 5.74) is 8.06. The van der Waals surface area contributed by atoms with Gasteiger partial charge in [-0.3, -0.25) is 4.79 Å². The number of amides is 1. The third kappa shape index (κ3) is 6.39. The van der Waals surface area contributed by atoms with Crippen LogP contribution in [-0.2, 0) is 4.79 Å². The molecule has 0 aliphatic heterocycles. The van der Waals surface area contributed by atoms with Crippen LogP contribution in [0.15, 0.2) is 65.2 Å². The highest BCUT2D eigenvalue weighted by molar-refractivity contribution is 6.98. The maximum Gasteiger partial charge on any atom is 0.258 e. The summed E-state index contributed by atoms with van der Waals surface area (Å²) >= 11 is 0. The number of carbonyl (C=O) groups excluding carboxylic acids is 1. The SMILES string of the molecule is CC(C)CC1CC(c2onc(C(CCCC(C)(C)[Si](O)(c3ccccc3)c3ccccc3)CC(N)=O)c2C2CC2)C1. The molecule has 2 aliphatic rings. The van der Waals surface area contributed by atoms with Crippen molar-refractivity contribution in [1.29, 1.82) is 0 Å². The number of aromatic nitrogens is 1. The van der Waals surface area contributed by atoms with E-state index in [1.54, 1.807) is 0 Å². The minimum Gasteiger partial charge on any atom is -0.424 e. The van der Waals surface area contributed by atoms with E-state index in [0.717, 1.165) is 52.9 Å². The summed E-state index contributed by atoms with van der Waals surface area (Å²) in [6.45, 7) is 9.01. The van der Waals surface area contributed by atoms with Gasteiger partial charge in [0.05, 0.1) is 5.69 Å². The van der Waals surface area contributed by atoms with Gasteiger partial charge >= 0.3 is 0 Å². The summed E-state index contributed by atoms with van der Waals surface area (Å²) in [5.74, 6) is 3.22. The lowest BCUT2D eigenvalue weighted by molar-refractivity contribution is -0.118. The lowest BCUT2D eigenvalue weighted by Gasteiger charge is -2.41. The molecule has 1 unspecified atom stereocenters. The summed E-state index contributed by atoms with van der Waals surface area (Å²) in [7, 11) is -3.08. The largest absolute Gasteiger partial charge is 0.424 e. The first kappa shape index (κ1) is 29.8. The highest BCUT2D eigenvalue weighted by Crippen LogP contribution is 2.53. The van der Waals surface area contributed by atoms with E-state index in [0.29, 0.717) is 11.8 Å². The van der Waals surface area contributed by atoms with E-state index in [2.05, 4.69) is 57.1 Å². The molecule has 220 valence electrons. The number of nitrogens with zero attached hydrogens (tertiary/aromatic N) is 1. The van der Waals surface area contributed by atoms with E-state index in [1.807, 2.05) is 36.4 Å². The maximum atomic E-state index is 12.5. The van der Waals surface area contributed by atoms with Crippen molar-refractivity contribution in [2.45, 2.75) is 108 Å². The standard InChI is InChI=1S/C35H48N2O3Si/c1-24(2)20-25-21-28(22-25)34-32(26-17-18-26)33(37-40-34)27(23-31(36)38)12-11-19-35(3,4)41(39,29-13-7-5-8-14-29)30-15-9-6-10-16-30/h5-10,13-16,24-28,39H,11-12,17-23H2,1-4H3,(H2,36,38). The first-order valence-corrected chi connectivity index (χ1v) is 17.7. The molecule has 1 amide bonds. The van der Waals surface area contributed by atoms with Crippen LogP contribution < -0.4 is 16.1 Å². The van der Waals surface area contributed by atoms with Crippen molar-refractivity contribution < 1.29 is 14.1 Å². The number of primary amides is 1. The Kier molecular flexibility index (Phi) is 8.91. The fourth-order valence-corrected chi connectivity index (χ4v) is 11.1. The predicted octanol–water partition coefficient (Wildman–Crippen LogP) is 6.75. The molecule has 2 fully saturated rings. The maximum absolute atomic E-state index is 12.5. The van der Waals surface area contributed by atoms with Gasteiger partial charge in [0.2, 0.25) is 5.91 Å². The Bertz CT molecular complexity index is 1250. The zero-order chi connectivity index (χ0) is 29.2. The van der Waals surface area contributed by atoms with Crippen LogP contribution in [0.25, 0.3) is 0 Å². The molecule has 1 atom stereocenters. The van der Waals surface area contributed by atoms with Gasteiger partial charge in [-0.05, 0) is 78.1 Å². The number of hydrogen-bond acceptors (Lipinski definition) is 4. The lowest BCUT2D eigenvalue weighted by Crippen LogP contribution is -2.65. The van der Waals surface area contributed by atoms with Crippen LogP contribution in [0.4, 0.5) is 0 Å². The van der Waals surface area contributed by atoms with Gasteiger partial charge in [-0.15, -0.1) is 0 Å². The Morgan fingerprint density at radius 2 is 1.61 bits per heavy atom. The average Bonchev–Trinajstić information content (AvgIpc) is 3.68. The van der Waals surface area contributed by atoms with E-state index < -0.39 is 8.32 Å². The van der Waals surface area contributed by atoms with E-state index in [-0.39, 0.29) is 23.3 Å².